The number of rotatable bonds is 6. The second kappa shape index (κ2) is 8.96. The molecule has 4 aromatic rings. The van der Waals surface area contributed by atoms with Crippen LogP contribution in [0.25, 0.3) is 22.3 Å². The lowest BCUT2D eigenvalue weighted by Gasteiger charge is -2.09. The summed E-state index contributed by atoms with van der Waals surface area (Å²) in [5.41, 5.74) is 3.61. The molecule has 0 aliphatic rings. The Morgan fingerprint density at radius 2 is 1.61 bits per heavy atom. The number of fused-ring (bicyclic) bond motifs is 1. The van der Waals surface area contributed by atoms with Crippen molar-refractivity contribution >= 4 is 16.7 Å². The van der Waals surface area contributed by atoms with E-state index in [4.69, 9.17) is 23.6 Å². The quantitative estimate of drug-likeness (QED) is 0.384. The number of hydrogen-bond donors (Lipinski definition) is 0. The highest BCUT2D eigenvalue weighted by atomic mass is 16.5. The molecule has 1 aromatic heterocycles. The Kier molecular flexibility index (Phi) is 5.94. The zero-order valence-corrected chi connectivity index (χ0v) is 18.1. The highest BCUT2D eigenvalue weighted by Gasteiger charge is 2.10. The van der Waals surface area contributed by atoms with Crippen LogP contribution in [-0.4, -0.2) is 20.8 Å². The number of hydrogen-bond acceptors (Lipinski definition) is 5. The Bertz CT molecular complexity index is 1270. The summed E-state index contributed by atoms with van der Waals surface area (Å²) in [6.07, 6.45) is 0. The van der Waals surface area contributed by atoms with E-state index in [1.54, 1.807) is 14.2 Å². The van der Waals surface area contributed by atoms with E-state index in [0.29, 0.717) is 23.8 Å². The van der Waals surface area contributed by atoms with Gasteiger partial charge in [0, 0.05) is 23.1 Å². The topological polar surface area (TPSA) is 53.2 Å². The first-order valence-electron chi connectivity index (χ1n) is 10.2. The summed E-state index contributed by atoms with van der Waals surface area (Å²) in [4.78, 5) is 4.92. The van der Waals surface area contributed by atoms with Crippen LogP contribution in [0, 0.1) is 6.92 Å². The minimum absolute atomic E-state index is 0.586. The fourth-order valence-electron chi connectivity index (χ4n) is 3.36. The molecule has 0 unspecified atom stereocenters. The van der Waals surface area contributed by atoms with Crippen molar-refractivity contribution in [3.63, 3.8) is 0 Å². The molecule has 0 fully saturated rings. The van der Waals surface area contributed by atoms with Crippen LogP contribution in [0.15, 0.2) is 76.1 Å². The first-order valence-corrected chi connectivity index (χ1v) is 10.2. The summed E-state index contributed by atoms with van der Waals surface area (Å²) in [5, 5.41) is 1.63. The highest BCUT2D eigenvalue weighted by molar-refractivity contribution is 5.80. The van der Waals surface area contributed by atoms with E-state index in [1.807, 2.05) is 61.5 Å². The second-order valence-corrected chi connectivity index (χ2v) is 7.10. The van der Waals surface area contributed by atoms with Crippen LogP contribution < -0.4 is 19.6 Å². The fraction of sp³-hybridized carbons (Fsp3) is 0.192. The Hall–Kier alpha value is -3.73. The summed E-state index contributed by atoms with van der Waals surface area (Å²) < 4.78 is 22.8. The summed E-state index contributed by atoms with van der Waals surface area (Å²) in [7, 11) is 3.25. The minimum Gasteiger partial charge on any atom is -0.497 e. The predicted octanol–water partition coefficient (Wildman–Crippen LogP) is 6.06. The molecule has 0 saturated heterocycles. The van der Waals surface area contributed by atoms with Gasteiger partial charge >= 0.3 is 0 Å². The lowest BCUT2D eigenvalue weighted by atomic mass is 10.1. The standard InChI is InChI=1S/C26H25NO4/c1-5-30-20-11-13-24-21(14-20)23(16-25(31-24)18-8-6-17(2)7-9-18)27-22-12-10-19(28-3)15-26(22)29-4/h6-16H,5H2,1-4H3. The molecule has 3 aromatic carbocycles. The van der Waals surface area contributed by atoms with Gasteiger partial charge in [-0.15, -0.1) is 0 Å². The molecule has 5 heteroatoms. The maximum Gasteiger partial charge on any atom is 0.148 e. The average Bonchev–Trinajstić information content (AvgIpc) is 2.80. The van der Waals surface area contributed by atoms with Crippen molar-refractivity contribution in [3.8, 4) is 28.6 Å². The largest absolute Gasteiger partial charge is 0.497 e. The molecule has 0 spiro atoms. The number of nitrogens with zero attached hydrogens (tertiary/aromatic N) is 1. The van der Waals surface area contributed by atoms with Gasteiger partial charge in [-0.2, -0.15) is 0 Å². The van der Waals surface area contributed by atoms with Crippen LogP contribution in [0.1, 0.15) is 12.5 Å². The lowest BCUT2D eigenvalue weighted by molar-refractivity contribution is 0.340. The van der Waals surface area contributed by atoms with Crippen LogP contribution in [0.2, 0.25) is 0 Å². The third-order valence-electron chi connectivity index (χ3n) is 4.99. The van der Waals surface area contributed by atoms with E-state index in [2.05, 4.69) is 19.1 Å². The molecule has 0 aliphatic carbocycles. The van der Waals surface area contributed by atoms with Crippen molar-refractivity contribution in [2.45, 2.75) is 13.8 Å². The molecule has 0 atom stereocenters. The van der Waals surface area contributed by atoms with Crippen LogP contribution in [0.3, 0.4) is 0 Å². The Balaban J connectivity index is 1.97. The molecular formula is C26H25NO4. The molecule has 0 N–H and O–H groups in total. The van der Waals surface area contributed by atoms with Crippen molar-refractivity contribution in [3.05, 3.63) is 77.7 Å². The predicted molar refractivity (Wildman–Crippen MR) is 122 cm³/mol. The third kappa shape index (κ3) is 4.40. The fourth-order valence-corrected chi connectivity index (χ4v) is 3.36. The van der Waals surface area contributed by atoms with Gasteiger partial charge in [-0.1, -0.05) is 29.8 Å². The molecule has 0 radical (unpaired) electrons. The number of benzene rings is 3. The number of aryl methyl sites for hydroxylation is 1. The zero-order chi connectivity index (χ0) is 21.8. The van der Waals surface area contributed by atoms with Crippen molar-refractivity contribution in [1.29, 1.82) is 0 Å². The summed E-state index contributed by atoms with van der Waals surface area (Å²) in [5.74, 6) is 2.85. The first-order chi connectivity index (χ1) is 15.1. The van der Waals surface area contributed by atoms with Crippen LogP contribution in [0.4, 0.5) is 5.69 Å². The maximum absolute atomic E-state index is 6.23. The minimum atomic E-state index is 0.586. The van der Waals surface area contributed by atoms with E-state index in [-0.39, 0.29) is 0 Å². The van der Waals surface area contributed by atoms with Crippen molar-refractivity contribution in [2.24, 2.45) is 4.99 Å². The van der Waals surface area contributed by atoms with E-state index in [9.17, 15) is 0 Å². The third-order valence-corrected chi connectivity index (χ3v) is 4.99. The molecular weight excluding hydrogens is 390 g/mol. The number of methoxy groups -OCH3 is 2. The van der Waals surface area contributed by atoms with Gasteiger partial charge in [-0.05, 0) is 44.2 Å². The van der Waals surface area contributed by atoms with E-state index >= 15 is 0 Å². The smallest absolute Gasteiger partial charge is 0.148 e. The summed E-state index contributed by atoms with van der Waals surface area (Å²) >= 11 is 0. The number of ether oxygens (including phenoxy) is 3. The summed E-state index contributed by atoms with van der Waals surface area (Å²) in [6.45, 7) is 4.61. The van der Waals surface area contributed by atoms with Crippen LogP contribution in [-0.2, 0) is 0 Å². The van der Waals surface area contributed by atoms with E-state index < -0.39 is 0 Å². The van der Waals surface area contributed by atoms with Gasteiger partial charge in [0.1, 0.15) is 34.3 Å². The molecule has 0 bridgehead atoms. The zero-order valence-electron chi connectivity index (χ0n) is 18.1. The van der Waals surface area contributed by atoms with Gasteiger partial charge in [0.05, 0.1) is 26.2 Å². The molecule has 158 valence electrons. The molecule has 0 amide bonds. The Morgan fingerprint density at radius 1 is 0.839 bits per heavy atom. The van der Waals surface area contributed by atoms with Gasteiger partial charge in [0.15, 0.2) is 0 Å². The van der Waals surface area contributed by atoms with Crippen molar-refractivity contribution < 1.29 is 18.6 Å². The maximum atomic E-state index is 6.23. The average molecular weight is 415 g/mol. The normalized spacial score (nSPS) is 11.5. The molecule has 31 heavy (non-hydrogen) atoms. The van der Waals surface area contributed by atoms with Gasteiger partial charge in [-0.3, -0.25) is 0 Å². The molecule has 4 rings (SSSR count). The SMILES string of the molecule is CCOc1ccc2oc(-c3ccc(C)cc3)cc(=Nc3ccc(OC)cc3OC)c2c1. The van der Waals surface area contributed by atoms with Crippen LogP contribution >= 0.6 is 0 Å². The van der Waals surface area contributed by atoms with Gasteiger partial charge in [-0.25, -0.2) is 4.99 Å². The molecule has 0 aliphatic heterocycles. The first kappa shape index (κ1) is 20.5. The molecule has 5 nitrogen and oxygen atoms in total. The second-order valence-electron chi connectivity index (χ2n) is 7.10. The highest BCUT2D eigenvalue weighted by Crippen LogP contribution is 2.32. The lowest BCUT2D eigenvalue weighted by Crippen LogP contribution is -2.04. The molecule has 0 saturated carbocycles. The monoisotopic (exact) mass is 415 g/mol. The van der Waals surface area contributed by atoms with E-state index in [0.717, 1.165) is 33.4 Å². The van der Waals surface area contributed by atoms with Gasteiger partial charge in [0.25, 0.3) is 0 Å². The van der Waals surface area contributed by atoms with Crippen LogP contribution in [0.5, 0.6) is 17.2 Å². The van der Waals surface area contributed by atoms with Crippen molar-refractivity contribution in [1.82, 2.24) is 0 Å². The Labute approximate surface area is 181 Å². The van der Waals surface area contributed by atoms with Gasteiger partial charge in [0.2, 0.25) is 0 Å². The molecule has 1 heterocycles. The Morgan fingerprint density at radius 3 is 2.32 bits per heavy atom. The van der Waals surface area contributed by atoms with Gasteiger partial charge < -0.3 is 18.6 Å². The van der Waals surface area contributed by atoms with Crippen molar-refractivity contribution in [2.75, 3.05) is 20.8 Å². The summed E-state index contributed by atoms with van der Waals surface area (Å²) in [6, 6.07) is 21.5. The van der Waals surface area contributed by atoms with E-state index in [1.165, 1.54) is 5.56 Å².